The van der Waals surface area contributed by atoms with Crippen molar-refractivity contribution in [3.05, 3.63) is 6.20 Å². The van der Waals surface area contributed by atoms with Gasteiger partial charge in [0.25, 0.3) is 0 Å². The van der Waals surface area contributed by atoms with Crippen LogP contribution in [0.25, 0.3) is 0 Å². The van der Waals surface area contributed by atoms with Crippen molar-refractivity contribution in [2.75, 3.05) is 38.3 Å². The number of hydrogen-bond donors (Lipinski definition) is 1. The average Bonchev–Trinajstić information content (AvgIpc) is 2.67. The van der Waals surface area contributed by atoms with Gasteiger partial charge in [-0.1, -0.05) is 0 Å². The van der Waals surface area contributed by atoms with Crippen molar-refractivity contribution in [1.29, 1.82) is 0 Å². The summed E-state index contributed by atoms with van der Waals surface area (Å²) >= 11 is 0. The highest BCUT2D eigenvalue weighted by Gasteiger charge is 2.13. The molecule has 72 valence electrons. The molecule has 1 aliphatic rings. The molecule has 0 radical (unpaired) electrons. The summed E-state index contributed by atoms with van der Waals surface area (Å²) in [7, 11) is 1.62. The van der Waals surface area contributed by atoms with Crippen molar-refractivity contribution >= 4 is 5.95 Å². The van der Waals surface area contributed by atoms with Crippen molar-refractivity contribution in [3.63, 3.8) is 0 Å². The lowest BCUT2D eigenvalue weighted by Crippen LogP contribution is -2.36. The second-order valence-electron chi connectivity index (χ2n) is 2.87. The second-order valence-corrected chi connectivity index (χ2v) is 2.87. The fraction of sp³-hybridized carbons (Fsp3) is 0.625. The van der Waals surface area contributed by atoms with Gasteiger partial charge >= 0.3 is 0 Å². The third kappa shape index (κ3) is 1.75. The van der Waals surface area contributed by atoms with E-state index in [0.717, 1.165) is 32.3 Å². The molecule has 1 aliphatic heterocycles. The van der Waals surface area contributed by atoms with Gasteiger partial charge in [-0.05, 0) is 0 Å². The maximum atomic E-state index is 5.24. The monoisotopic (exact) mass is 183 g/mol. The molecule has 0 amide bonds. The van der Waals surface area contributed by atoms with E-state index in [1.54, 1.807) is 13.3 Å². The van der Waals surface area contributed by atoms with Gasteiger partial charge in [-0.3, -0.25) is 4.98 Å². The number of H-pyrrole nitrogens is 1. The van der Waals surface area contributed by atoms with E-state index in [2.05, 4.69) is 14.9 Å². The first-order valence-electron chi connectivity index (χ1n) is 4.32. The summed E-state index contributed by atoms with van der Waals surface area (Å²) in [6.07, 6.45) is 1.69. The van der Waals surface area contributed by atoms with Crippen LogP contribution < -0.4 is 9.64 Å². The molecule has 0 bridgehead atoms. The molecule has 0 spiro atoms. The van der Waals surface area contributed by atoms with Gasteiger partial charge in [0.15, 0.2) is 0 Å². The lowest BCUT2D eigenvalue weighted by atomic mass is 10.4. The summed E-state index contributed by atoms with van der Waals surface area (Å²) in [5.41, 5.74) is 0. The predicted octanol–water partition coefficient (Wildman–Crippen LogP) is 0.255. The number of aromatic nitrogens is 2. The van der Waals surface area contributed by atoms with E-state index in [-0.39, 0.29) is 0 Å². The number of rotatable bonds is 2. The van der Waals surface area contributed by atoms with Gasteiger partial charge in [0, 0.05) is 13.1 Å². The lowest BCUT2D eigenvalue weighted by Gasteiger charge is -2.25. The molecule has 13 heavy (non-hydrogen) atoms. The summed E-state index contributed by atoms with van der Waals surface area (Å²) in [4.78, 5) is 9.41. The number of anilines is 1. The number of nitrogens with zero attached hydrogens (tertiary/aromatic N) is 2. The molecule has 0 aliphatic carbocycles. The van der Waals surface area contributed by atoms with E-state index in [1.807, 2.05) is 0 Å². The number of aromatic amines is 1. The molecule has 1 aromatic rings. The second kappa shape index (κ2) is 3.66. The van der Waals surface area contributed by atoms with E-state index in [1.165, 1.54) is 0 Å². The minimum absolute atomic E-state index is 0.696. The van der Waals surface area contributed by atoms with Crippen LogP contribution in [0.4, 0.5) is 5.95 Å². The van der Waals surface area contributed by atoms with Crippen LogP contribution >= 0.6 is 0 Å². The summed E-state index contributed by atoms with van der Waals surface area (Å²) in [6.45, 7) is 3.30. The molecule has 0 aromatic carbocycles. The Kier molecular flexibility index (Phi) is 2.35. The molecule has 5 nitrogen and oxygen atoms in total. The van der Waals surface area contributed by atoms with Crippen LogP contribution in [0.5, 0.6) is 5.88 Å². The highest BCUT2D eigenvalue weighted by molar-refractivity contribution is 5.33. The number of methoxy groups -OCH3 is 1. The maximum Gasteiger partial charge on any atom is 0.212 e. The van der Waals surface area contributed by atoms with Crippen LogP contribution in [0.1, 0.15) is 0 Å². The van der Waals surface area contributed by atoms with Gasteiger partial charge < -0.3 is 14.4 Å². The summed E-state index contributed by atoms with van der Waals surface area (Å²) < 4.78 is 10.2. The molecule has 5 heteroatoms. The van der Waals surface area contributed by atoms with Crippen LogP contribution in [-0.4, -0.2) is 43.4 Å². The first-order chi connectivity index (χ1) is 6.40. The Morgan fingerprint density at radius 1 is 1.54 bits per heavy atom. The number of nitrogens with one attached hydrogen (secondary N) is 1. The molecule has 2 heterocycles. The Hall–Kier alpha value is -1.23. The van der Waals surface area contributed by atoms with Crippen LogP contribution in [0.15, 0.2) is 6.20 Å². The zero-order chi connectivity index (χ0) is 9.10. The maximum absolute atomic E-state index is 5.24. The SMILES string of the molecule is COc1cnc(N2CCOCC2)[nH]1. The first-order valence-corrected chi connectivity index (χ1v) is 4.32. The Morgan fingerprint density at radius 3 is 2.92 bits per heavy atom. The smallest absolute Gasteiger partial charge is 0.212 e. The minimum Gasteiger partial charge on any atom is -0.481 e. The number of hydrogen-bond acceptors (Lipinski definition) is 4. The highest BCUT2D eigenvalue weighted by Crippen LogP contribution is 2.14. The van der Waals surface area contributed by atoms with Gasteiger partial charge in [0.1, 0.15) is 0 Å². The topological polar surface area (TPSA) is 50.4 Å². The van der Waals surface area contributed by atoms with E-state index >= 15 is 0 Å². The van der Waals surface area contributed by atoms with Crippen LogP contribution in [0.2, 0.25) is 0 Å². The fourth-order valence-corrected chi connectivity index (χ4v) is 1.33. The molecule has 2 rings (SSSR count). The first kappa shape index (κ1) is 8.37. The highest BCUT2D eigenvalue weighted by atomic mass is 16.5. The lowest BCUT2D eigenvalue weighted by molar-refractivity contribution is 0.122. The summed E-state index contributed by atoms with van der Waals surface area (Å²) in [5.74, 6) is 1.56. The summed E-state index contributed by atoms with van der Waals surface area (Å²) in [6, 6.07) is 0. The number of morpholine rings is 1. The van der Waals surface area contributed by atoms with Gasteiger partial charge in [0.2, 0.25) is 11.8 Å². The molecule has 0 unspecified atom stereocenters. The van der Waals surface area contributed by atoms with Crippen molar-refractivity contribution in [2.45, 2.75) is 0 Å². The third-order valence-electron chi connectivity index (χ3n) is 2.07. The van der Waals surface area contributed by atoms with Crippen LogP contribution in [0, 0.1) is 0 Å². The van der Waals surface area contributed by atoms with Crippen molar-refractivity contribution in [3.8, 4) is 5.88 Å². The van der Waals surface area contributed by atoms with Crippen molar-refractivity contribution in [2.24, 2.45) is 0 Å². The predicted molar refractivity (Wildman–Crippen MR) is 48.2 cm³/mol. The molecule has 1 fully saturated rings. The van der Waals surface area contributed by atoms with Crippen molar-refractivity contribution < 1.29 is 9.47 Å². The fourth-order valence-electron chi connectivity index (χ4n) is 1.33. The molecule has 0 atom stereocenters. The average molecular weight is 183 g/mol. The Labute approximate surface area is 76.7 Å². The van der Waals surface area contributed by atoms with E-state index in [4.69, 9.17) is 9.47 Å². The van der Waals surface area contributed by atoms with Crippen LogP contribution in [-0.2, 0) is 4.74 Å². The van der Waals surface area contributed by atoms with E-state index in [0.29, 0.717) is 5.88 Å². The number of imidazole rings is 1. The molecular formula is C8H13N3O2. The Morgan fingerprint density at radius 2 is 2.31 bits per heavy atom. The Balaban J connectivity index is 2.05. The van der Waals surface area contributed by atoms with E-state index < -0.39 is 0 Å². The van der Waals surface area contributed by atoms with Gasteiger partial charge in [-0.25, -0.2) is 4.98 Å². The molecule has 0 saturated carbocycles. The normalized spacial score (nSPS) is 17.5. The zero-order valence-corrected chi connectivity index (χ0v) is 7.62. The quantitative estimate of drug-likeness (QED) is 0.714. The van der Waals surface area contributed by atoms with Gasteiger partial charge in [-0.15, -0.1) is 0 Å². The molecule has 1 saturated heterocycles. The van der Waals surface area contributed by atoms with E-state index in [9.17, 15) is 0 Å². The molecule has 1 aromatic heterocycles. The Bertz CT molecular complexity index is 268. The third-order valence-corrected chi connectivity index (χ3v) is 2.07. The zero-order valence-electron chi connectivity index (χ0n) is 7.62. The largest absolute Gasteiger partial charge is 0.481 e. The standard InChI is InChI=1S/C8H13N3O2/c1-12-7-6-9-8(10-7)11-2-4-13-5-3-11/h6H,2-5H2,1H3,(H,9,10). The van der Waals surface area contributed by atoms with Crippen LogP contribution in [0.3, 0.4) is 0 Å². The van der Waals surface area contributed by atoms with Gasteiger partial charge in [-0.2, -0.15) is 0 Å². The minimum atomic E-state index is 0.696. The summed E-state index contributed by atoms with van der Waals surface area (Å²) in [5, 5.41) is 0. The van der Waals surface area contributed by atoms with Crippen molar-refractivity contribution in [1.82, 2.24) is 9.97 Å². The molecule has 1 N–H and O–H groups in total. The molecular weight excluding hydrogens is 170 g/mol. The number of ether oxygens (including phenoxy) is 2. The van der Waals surface area contributed by atoms with Gasteiger partial charge in [0.05, 0.1) is 26.5 Å².